The number of aliphatic carboxylic acids is 2. The van der Waals surface area contributed by atoms with Gasteiger partial charge in [-0.15, -0.1) is 11.8 Å². The fourth-order valence-corrected chi connectivity index (χ4v) is 5.50. The normalized spacial score (nSPS) is 35.9. The number of fused-ring (bicyclic) bond motifs is 1. The maximum Gasteiger partial charge on any atom is 0.309 e. The van der Waals surface area contributed by atoms with Gasteiger partial charge < -0.3 is 10.2 Å². The van der Waals surface area contributed by atoms with Crippen LogP contribution in [0.4, 0.5) is 0 Å². The second-order valence-electron chi connectivity index (χ2n) is 6.34. The summed E-state index contributed by atoms with van der Waals surface area (Å²) < 4.78 is 0. The van der Waals surface area contributed by atoms with Crippen molar-refractivity contribution in [1.82, 2.24) is 0 Å². The van der Waals surface area contributed by atoms with Crippen molar-refractivity contribution in [3.05, 3.63) is 29.3 Å². The van der Waals surface area contributed by atoms with E-state index in [1.54, 1.807) is 24.8 Å². The van der Waals surface area contributed by atoms with Gasteiger partial charge in [0.05, 0.1) is 11.3 Å². The summed E-state index contributed by atoms with van der Waals surface area (Å²) in [5.74, 6) is -1.77. The third-order valence-electron chi connectivity index (χ3n) is 5.26. The lowest BCUT2D eigenvalue weighted by Crippen LogP contribution is -2.38. The molecule has 118 valence electrons. The molecule has 0 heterocycles. The molecule has 2 N–H and O–H groups in total. The molecule has 2 aliphatic carbocycles. The molecule has 0 amide bonds. The Morgan fingerprint density at radius 3 is 2.73 bits per heavy atom. The van der Waals surface area contributed by atoms with E-state index in [9.17, 15) is 19.8 Å². The molecule has 1 aromatic carbocycles. The van der Waals surface area contributed by atoms with Gasteiger partial charge in [-0.3, -0.25) is 9.59 Å². The topological polar surface area (TPSA) is 74.6 Å². The zero-order chi connectivity index (χ0) is 16.1. The first-order chi connectivity index (χ1) is 10.4. The maximum absolute atomic E-state index is 11.8. The van der Waals surface area contributed by atoms with E-state index in [1.165, 1.54) is 0 Å². The Hall–Kier alpha value is -1.20. The minimum absolute atomic E-state index is 0.0143. The third kappa shape index (κ3) is 2.40. The molecule has 6 heteroatoms. The van der Waals surface area contributed by atoms with Gasteiger partial charge in [-0.2, -0.15) is 0 Å². The van der Waals surface area contributed by atoms with Crippen molar-refractivity contribution in [3.63, 3.8) is 0 Å². The Morgan fingerprint density at radius 2 is 2.14 bits per heavy atom. The second-order valence-corrected chi connectivity index (χ2v) is 7.87. The molecular weight excluding hydrogens is 324 g/mol. The number of carbonyl (C=O) groups is 2. The molecule has 5 atom stereocenters. The lowest BCUT2D eigenvalue weighted by atomic mass is 9.75. The van der Waals surface area contributed by atoms with E-state index in [0.717, 1.165) is 4.90 Å². The highest BCUT2D eigenvalue weighted by molar-refractivity contribution is 7.99. The molecule has 0 aromatic heterocycles. The molecule has 0 aliphatic heterocycles. The molecule has 2 saturated carbocycles. The summed E-state index contributed by atoms with van der Waals surface area (Å²) >= 11 is 7.55. The summed E-state index contributed by atoms with van der Waals surface area (Å²) in [6.45, 7) is 1.71. The van der Waals surface area contributed by atoms with Crippen LogP contribution in [0.1, 0.15) is 13.3 Å². The number of hydrogen-bond acceptors (Lipinski definition) is 3. The Kier molecular flexibility index (Phi) is 3.89. The van der Waals surface area contributed by atoms with Crippen molar-refractivity contribution in [2.45, 2.75) is 18.2 Å². The number of benzene rings is 1. The number of thioether (sulfide) groups is 1. The standard InChI is InChI=1S/C16H17ClO4S/c1-16(15(20)21)8(5-11-12(13(11)16)14(18)19)7-22-10-4-2-3-9(17)6-10/h2-4,6,8,11-13H,5,7H2,1H3,(H,18,19)(H,20,21)/t8?,11?,12?,13?,16-/m1/s1. The van der Waals surface area contributed by atoms with Crippen LogP contribution < -0.4 is 0 Å². The van der Waals surface area contributed by atoms with Gasteiger partial charge in [0.15, 0.2) is 0 Å². The molecule has 0 saturated heterocycles. The predicted octanol–water partition coefficient (Wildman–Crippen LogP) is 3.49. The first kappa shape index (κ1) is 15.7. The van der Waals surface area contributed by atoms with Crippen LogP contribution in [0, 0.1) is 29.1 Å². The zero-order valence-corrected chi connectivity index (χ0v) is 13.6. The van der Waals surface area contributed by atoms with E-state index < -0.39 is 23.3 Å². The molecule has 2 fully saturated rings. The Bertz CT molecular complexity index is 634. The number of halogens is 1. The molecule has 1 aromatic rings. The van der Waals surface area contributed by atoms with Crippen LogP contribution in [0.2, 0.25) is 5.02 Å². The van der Waals surface area contributed by atoms with Gasteiger partial charge in [-0.25, -0.2) is 0 Å². The summed E-state index contributed by atoms with van der Waals surface area (Å²) in [4.78, 5) is 24.0. The Morgan fingerprint density at radius 1 is 1.41 bits per heavy atom. The van der Waals surface area contributed by atoms with Crippen molar-refractivity contribution in [1.29, 1.82) is 0 Å². The average Bonchev–Trinajstić information content (AvgIpc) is 3.10. The second kappa shape index (κ2) is 5.46. The van der Waals surface area contributed by atoms with Crippen LogP contribution in [0.15, 0.2) is 29.2 Å². The van der Waals surface area contributed by atoms with Crippen LogP contribution >= 0.6 is 23.4 Å². The van der Waals surface area contributed by atoms with Crippen LogP contribution in [0.5, 0.6) is 0 Å². The fourth-order valence-electron chi connectivity index (χ4n) is 3.98. The average molecular weight is 341 g/mol. The van der Waals surface area contributed by atoms with E-state index in [-0.39, 0.29) is 17.8 Å². The van der Waals surface area contributed by atoms with Gasteiger partial charge in [0.25, 0.3) is 0 Å². The highest BCUT2D eigenvalue weighted by atomic mass is 35.5. The summed E-state index contributed by atoms with van der Waals surface area (Å²) in [6, 6.07) is 7.48. The van der Waals surface area contributed by atoms with Crippen molar-refractivity contribution in [2.24, 2.45) is 29.1 Å². The quantitative estimate of drug-likeness (QED) is 0.802. The number of carboxylic acids is 2. The monoisotopic (exact) mass is 340 g/mol. The summed E-state index contributed by atoms with van der Waals surface area (Å²) in [5.41, 5.74) is -0.945. The highest BCUT2D eigenvalue weighted by Gasteiger charge is 2.72. The predicted molar refractivity (Wildman–Crippen MR) is 84.1 cm³/mol. The Balaban J connectivity index is 1.72. The number of hydrogen-bond donors (Lipinski definition) is 2. The van der Waals surface area contributed by atoms with Crippen molar-refractivity contribution < 1.29 is 19.8 Å². The van der Waals surface area contributed by atoms with Gasteiger partial charge in [0, 0.05) is 15.7 Å². The van der Waals surface area contributed by atoms with Gasteiger partial charge >= 0.3 is 11.9 Å². The van der Waals surface area contributed by atoms with E-state index in [4.69, 9.17) is 11.6 Å². The maximum atomic E-state index is 11.8. The molecule has 0 spiro atoms. The van der Waals surface area contributed by atoms with Crippen LogP contribution in [0.3, 0.4) is 0 Å². The molecule has 22 heavy (non-hydrogen) atoms. The van der Waals surface area contributed by atoms with E-state index >= 15 is 0 Å². The summed E-state index contributed by atoms with van der Waals surface area (Å²) in [7, 11) is 0. The van der Waals surface area contributed by atoms with Crippen LogP contribution in [-0.2, 0) is 9.59 Å². The molecular formula is C16H17ClO4S. The van der Waals surface area contributed by atoms with Gasteiger partial charge in [-0.1, -0.05) is 17.7 Å². The molecule has 0 bridgehead atoms. The van der Waals surface area contributed by atoms with E-state index in [1.807, 2.05) is 18.2 Å². The number of carboxylic acid groups (broad SMARTS) is 2. The largest absolute Gasteiger partial charge is 0.481 e. The first-order valence-corrected chi connectivity index (χ1v) is 8.56. The minimum Gasteiger partial charge on any atom is -0.481 e. The third-order valence-corrected chi connectivity index (χ3v) is 6.65. The van der Waals surface area contributed by atoms with Gasteiger partial charge in [0.1, 0.15) is 0 Å². The molecule has 4 nitrogen and oxygen atoms in total. The Labute approximate surface area is 137 Å². The highest BCUT2D eigenvalue weighted by Crippen LogP contribution is 2.69. The van der Waals surface area contributed by atoms with Crippen molar-refractivity contribution in [3.8, 4) is 0 Å². The lowest BCUT2D eigenvalue weighted by Gasteiger charge is -2.30. The minimum atomic E-state index is -0.945. The smallest absolute Gasteiger partial charge is 0.309 e. The van der Waals surface area contributed by atoms with Crippen molar-refractivity contribution in [2.75, 3.05) is 5.75 Å². The van der Waals surface area contributed by atoms with Crippen LogP contribution in [0.25, 0.3) is 0 Å². The zero-order valence-electron chi connectivity index (χ0n) is 12.0. The lowest BCUT2D eigenvalue weighted by molar-refractivity contribution is -0.152. The fraction of sp³-hybridized carbons (Fsp3) is 0.500. The van der Waals surface area contributed by atoms with Gasteiger partial charge in [0.2, 0.25) is 0 Å². The van der Waals surface area contributed by atoms with E-state index in [0.29, 0.717) is 17.2 Å². The van der Waals surface area contributed by atoms with Crippen molar-refractivity contribution >= 4 is 35.3 Å². The molecule has 4 unspecified atom stereocenters. The van der Waals surface area contributed by atoms with E-state index in [2.05, 4.69) is 0 Å². The number of rotatable bonds is 5. The SMILES string of the molecule is C[C@@]1(C(=O)O)C(CSc2cccc(Cl)c2)CC2C(C(=O)O)C21. The molecule has 3 rings (SSSR count). The summed E-state index contributed by atoms with van der Waals surface area (Å²) in [5, 5.41) is 19.5. The van der Waals surface area contributed by atoms with Gasteiger partial charge in [-0.05, 0) is 49.3 Å². The molecule has 2 aliphatic rings. The first-order valence-electron chi connectivity index (χ1n) is 7.20. The van der Waals surface area contributed by atoms with Crippen LogP contribution in [-0.4, -0.2) is 27.9 Å². The summed E-state index contributed by atoms with van der Waals surface area (Å²) in [6.07, 6.45) is 0.679. The molecule has 0 radical (unpaired) electrons.